The third-order valence-electron chi connectivity index (χ3n) is 3.06. The summed E-state index contributed by atoms with van der Waals surface area (Å²) in [6.07, 6.45) is 2.50. The molecule has 1 fully saturated rings. The fourth-order valence-corrected chi connectivity index (χ4v) is 2.06. The van der Waals surface area contributed by atoms with Gasteiger partial charge in [0.1, 0.15) is 12.2 Å². The summed E-state index contributed by atoms with van der Waals surface area (Å²) in [6.45, 7) is 4.91. The number of nitrogens with one attached hydrogen (secondary N) is 1. The van der Waals surface area contributed by atoms with E-state index in [1.54, 1.807) is 6.33 Å². The third-order valence-corrected chi connectivity index (χ3v) is 3.06. The normalized spacial score (nSPS) is 22.6. The van der Waals surface area contributed by atoms with Crippen LogP contribution in [0.25, 0.3) is 0 Å². The zero-order chi connectivity index (χ0) is 12.1. The lowest BCUT2D eigenvalue weighted by molar-refractivity contribution is -0.101. The molecule has 0 amide bonds. The highest BCUT2D eigenvalue weighted by Gasteiger charge is 2.25. The van der Waals surface area contributed by atoms with Gasteiger partial charge in [0, 0.05) is 19.0 Å². The minimum atomic E-state index is 0.0933. The van der Waals surface area contributed by atoms with Gasteiger partial charge < -0.3 is 14.8 Å². The van der Waals surface area contributed by atoms with E-state index in [9.17, 15) is 0 Å². The summed E-state index contributed by atoms with van der Waals surface area (Å²) in [5, 5.41) is 7.45. The highest BCUT2D eigenvalue weighted by molar-refractivity contribution is 4.92. The molecule has 1 aromatic rings. The first-order valence-electron chi connectivity index (χ1n) is 6.08. The number of rotatable bonds is 5. The van der Waals surface area contributed by atoms with Gasteiger partial charge in [-0.3, -0.25) is 4.68 Å². The van der Waals surface area contributed by atoms with Gasteiger partial charge in [0.05, 0.1) is 25.9 Å². The zero-order valence-electron chi connectivity index (χ0n) is 10.4. The van der Waals surface area contributed by atoms with E-state index in [0.717, 1.165) is 18.8 Å². The van der Waals surface area contributed by atoms with E-state index in [-0.39, 0.29) is 12.1 Å². The van der Waals surface area contributed by atoms with Crippen molar-refractivity contribution in [2.45, 2.75) is 32.0 Å². The quantitative estimate of drug-likeness (QED) is 0.775. The van der Waals surface area contributed by atoms with Crippen molar-refractivity contribution < 1.29 is 9.47 Å². The van der Waals surface area contributed by atoms with Gasteiger partial charge in [-0.1, -0.05) is 0 Å². The van der Waals surface area contributed by atoms with Crippen LogP contribution in [0.3, 0.4) is 0 Å². The molecule has 1 aliphatic rings. The van der Waals surface area contributed by atoms with E-state index in [4.69, 9.17) is 9.47 Å². The second-order valence-corrected chi connectivity index (χ2v) is 4.08. The van der Waals surface area contributed by atoms with Crippen LogP contribution in [0.1, 0.15) is 12.7 Å². The minimum absolute atomic E-state index is 0.0933. The molecular formula is C11H20N4O2. The van der Waals surface area contributed by atoms with Gasteiger partial charge in [0.25, 0.3) is 0 Å². The Morgan fingerprint density at radius 3 is 3.12 bits per heavy atom. The Labute approximate surface area is 101 Å². The van der Waals surface area contributed by atoms with E-state index in [0.29, 0.717) is 19.8 Å². The van der Waals surface area contributed by atoms with Crippen LogP contribution in [0.5, 0.6) is 0 Å². The fourth-order valence-electron chi connectivity index (χ4n) is 2.06. The molecule has 2 rings (SSSR count). The average Bonchev–Trinajstić information content (AvgIpc) is 2.84. The molecule has 0 spiro atoms. The van der Waals surface area contributed by atoms with E-state index in [2.05, 4.69) is 22.3 Å². The number of likely N-dealkylation sites (N-methyl/N-ethyl adjacent to an activating group) is 1. The van der Waals surface area contributed by atoms with Gasteiger partial charge in [-0.25, -0.2) is 4.98 Å². The lowest BCUT2D eigenvalue weighted by Gasteiger charge is -2.30. The number of aryl methyl sites for hydroxylation is 1. The maximum absolute atomic E-state index is 5.71. The van der Waals surface area contributed by atoms with Crippen molar-refractivity contribution in [3.63, 3.8) is 0 Å². The molecule has 0 saturated carbocycles. The molecule has 96 valence electrons. The fraction of sp³-hybridized carbons (Fsp3) is 0.818. The molecule has 2 unspecified atom stereocenters. The van der Waals surface area contributed by atoms with E-state index < -0.39 is 0 Å². The van der Waals surface area contributed by atoms with Crippen LogP contribution >= 0.6 is 0 Å². The summed E-state index contributed by atoms with van der Waals surface area (Å²) in [5.74, 6) is 0.987. The largest absolute Gasteiger partial charge is 0.376 e. The van der Waals surface area contributed by atoms with Crippen LogP contribution in [-0.2, 0) is 22.4 Å². The first-order chi connectivity index (χ1) is 8.35. The molecular weight excluding hydrogens is 220 g/mol. The van der Waals surface area contributed by atoms with Crippen molar-refractivity contribution >= 4 is 0 Å². The second kappa shape index (κ2) is 6.09. The summed E-state index contributed by atoms with van der Waals surface area (Å²) in [7, 11) is 1.94. The first kappa shape index (κ1) is 12.5. The van der Waals surface area contributed by atoms with Crippen molar-refractivity contribution in [2.75, 3.05) is 26.9 Å². The van der Waals surface area contributed by atoms with Crippen molar-refractivity contribution in [2.24, 2.45) is 0 Å². The molecule has 0 aromatic carbocycles. The smallest absolute Gasteiger partial charge is 0.138 e. The summed E-state index contributed by atoms with van der Waals surface area (Å²) in [4.78, 5) is 4.29. The number of ether oxygens (including phenoxy) is 2. The molecule has 0 radical (unpaired) electrons. The van der Waals surface area contributed by atoms with Gasteiger partial charge in [-0.2, -0.15) is 5.10 Å². The van der Waals surface area contributed by atoms with Crippen molar-refractivity contribution in [1.82, 2.24) is 20.1 Å². The molecule has 0 aliphatic carbocycles. The van der Waals surface area contributed by atoms with Crippen molar-refractivity contribution in [1.29, 1.82) is 0 Å². The molecule has 2 heterocycles. The summed E-state index contributed by atoms with van der Waals surface area (Å²) < 4.78 is 13.1. The summed E-state index contributed by atoms with van der Waals surface area (Å²) in [6, 6.07) is 0.213. The van der Waals surface area contributed by atoms with Crippen LogP contribution in [0.15, 0.2) is 6.33 Å². The van der Waals surface area contributed by atoms with Crippen LogP contribution in [0, 0.1) is 0 Å². The highest BCUT2D eigenvalue weighted by atomic mass is 16.6. The molecule has 0 bridgehead atoms. The van der Waals surface area contributed by atoms with E-state index >= 15 is 0 Å². The number of nitrogens with zero attached hydrogens (tertiary/aromatic N) is 3. The minimum Gasteiger partial charge on any atom is -0.376 e. The Morgan fingerprint density at radius 2 is 2.47 bits per heavy atom. The standard InChI is InChI=1S/C11H20N4O2/c1-3-15-11(13-8-14-15)6-9(12-2)10-7-16-4-5-17-10/h8-10,12H,3-7H2,1-2H3. The van der Waals surface area contributed by atoms with Gasteiger partial charge >= 0.3 is 0 Å². The molecule has 6 heteroatoms. The highest BCUT2D eigenvalue weighted by Crippen LogP contribution is 2.10. The van der Waals surface area contributed by atoms with Crippen LogP contribution in [0.2, 0.25) is 0 Å². The van der Waals surface area contributed by atoms with Crippen LogP contribution in [0.4, 0.5) is 0 Å². The predicted molar refractivity (Wildman–Crippen MR) is 62.8 cm³/mol. The van der Waals surface area contributed by atoms with E-state index in [1.807, 2.05) is 11.7 Å². The maximum atomic E-state index is 5.71. The van der Waals surface area contributed by atoms with Gasteiger partial charge in [0.15, 0.2) is 0 Å². The molecule has 1 N–H and O–H groups in total. The van der Waals surface area contributed by atoms with Crippen LogP contribution < -0.4 is 5.32 Å². The molecule has 1 aromatic heterocycles. The second-order valence-electron chi connectivity index (χ2n) is 4.08. The number of hydrogen-bond donors (Lipinski definition) is 1. The molecule has 1 saturated heterocycles. The molecule has 17 heavy (non-hydrogen) atoms. The topological polar surface area (TPSA) is 61.2 Å². The Balaban J connectivity index is 1.98. The molecule has 2 atom stereocenters. The lowest BCUT2D eigenvalue weighted by Crippen LogP contribution is -2.47. The van der Waals surface area contributed by atoms with Gasteiger partial charge in [-0.05, 0) is 14.0 Å². The third kappa shape index (κ3) is 3.02. The summed E-state index contributed by atoms with van der Waals surface area (Å²) >= 11 is 0. The van der Waals surface area contributed by atoms with Gasteiger partial charge in [0.2, 0.25) is 0 Å². The monoisotopic (exact) mass is 240 g/mol. The maximum Gasteiger partial charge on any atom is 0.138 e. The SMILES string of the molecule is CCn1ncnc1CC(NC)C1COCCO1. The first-order valence-corrected chi connectivity index (χ1v) is 6.08. The lowest BCUT2D eigenvalue weighted by atomic mass is 10.1. The Bertz CT molecular complexity index is 336. The van der Waals surface area contributed by atoms with Gasteiger partial charge in [-0.15, -0.1) is 0 Å². The van der Waals surface area contributed by atoms with E-state index in [1.165, 1.54) is 0 Å². The van der Waals surface area contributed by atoms with Crippen molar-refractivity contribution in [3.8, 4) is 0 Å². The Morgan fingerprint density at radius 1 is 1.59 bits per heavy atom. The molecule has 1 aliphatic heterocycles. The molecule has 6 nitrogen and oxygen atoms in total. The van der Waals surface area contributed by atoms with Crippen molar-refractivity contribution in [3.05, 3.63) is 12.2 Å². The average molecular weight is 240 g/mol. The number of hydrogen-bond acceptors (Lipinski definition) is 5. The van der Waals surface area contributed by atoms with Crippen LogP contribution in [-0.4, -0.2) is 53.8 Å². The zero-order valence-corrected chi connectivity index (χ0v) is 10.4. The predicted octanol–water partition coefficient (Wildman–Crippen LogP) is -0.156. The summed E-state index contributed by atoms with van der Waals surface area (Å²) in [5.41, 5.74) is 0. The Hall–Kier alpha value is -0.980. The Kier molecular flexibility index (Phi) is 4.47. The number of aromatic nitrogens is 3.